The molecule has 3 nitrogen and oxygen atoms in total. The molecule has 0 aromatic heterocycles. The minimum Gasteiger partial charge on any atom is -0.368 e. The molecule has 0 heterocycles. The molecule has 0 fully saturated rings. The van der Waals surface area contributed by atoms with Crippen molar-refractivity contribution in [3.05, 3.63) is 64.7 Å². The SMILES string of the molecule is NC(=O)C(Nc1ccccc1F)c1ccc(F)c(Cl)c1. The van der Waals surface area contributed by atoms with E-state index >= 15 is 0 Å². The molecular formula is C14H11ClF2N2O. The zero-order valence-corrected chi connectivity index (χ0v) is 11.0. The molecular weight excluding hydrogens is 286 g/mol. The summed E-state index contributed by atoms with van der Waals surface area (Å²) >= 11 is 5.67. The van der Waals surface area contributed by atoms with Crippen LogP contribution in [0.15, 0.2) is 42.5 Å². The number of halogens is 3. The first kappa shape index (κ1) is 14.3. The van der Waals surface area contributed by atoms with Crippen LogP contribution in [-0.4, -0.2) is 5.91 Å². The Labute approximate surface area is 119 Å². The van der Waals surface area contributed by atoms with Gasteiger partial charge in [0.15, 0.2) is 0 Å². The number of rotatable bonds is 4. The third-order valence-corrected chi connectivity index (χ3v) is 3.02. The maximum Gasteiger partial charge on any atom is 0.244 e. The van der Waals surface area contributed by atoms with Crippen LogP contribution in [0.4, 0.5) is 14.5 Å². The minimum absolute atomic E-state index is 0.122. The van der Waals surface area contributed by atoms with Crippen LogP contribution in [0.5, 0.6) is 0 Å². The highest BCUT2D eigenvalue weighted by atomic mass is 35.5. The number of primary amides is 1. The number of para-hydroxylation sites is 1. The summed E-state index contributed by atoms with van der Waals surface area (Å²) in [4.78, 5) is 11.5. The topological polar surface area (TPSA) is 55.1 Å². The van der Waals surface area contributed by atoms with Crippen LogP contribution in [0.1, 0.15) is 11.6 Å². The van der Waals surface area contributed by atoms with E-state index < -0.39 is 23.6 Å². The van der Waals surface area contributed by atoms with E-state index in [2.05, 4.69) is 5.32 Å². The zero-order chi connectivity index (χ0) is 14.7. The molecule has 0 saturated heterocycles. The van der Waals surface area contributed by atoms with E-state index in [1.54, 1.807) is 6.07 Å². The minimum atomic E-state index is -1.01. The van der Waals surface area contributed by atoms with Gasteiger partial charge in [0, 0.05) is 0 Å². The van der Waals surface area contributed by atoms with Crippen LogP contribution < -0.4 is 11.1 Å². The van der Waals surface area contributed by atoms with E-state index in [0.717, 1.165) is 6.07 Å². The predicted octanol–water partition coefficient (Wildman–Crippen LogP) is 3.26. The van der Waals surface area contributed by atoms with E-state index in [1.807, 2.05) is 0 Å². The van der Waals surface area contributed by atoms with Gasteiger partial charge in [-0.1, -0.05) is 29.8 Å². The molecule has 2 aromatic carbocycles. The molecule has 0 aliphatic carbocycles. The van der Waals surface area contributed by atoms with Gasteiger partial charge in [-0.3, -0.25) is 4.79 Å². The summed E-state index contributed by atoms with van der Waals surface area (Å²) in [5.41, 5.74) is 5.77. The van der Waals surface area contributed by atoms with E-state index in [0.29, 0.717) is 5.56 Å². The molecule has 6 heteroatoms. The lowest BCUT2D eigenvalue weighted by Crippen LogP contribution is -2.28. The van der Waals surface area contributed by atoms with Gasteiger partial charge in [-0.05, 0) is 29.8 Å². The Bertz CT molecular complexity index is 649. The zero-order valence-electron chi connectivity index (χ0n) is 10.2. The fraction of sp³-hybridized carbons (Fsp3) is 0.0714. The second kappa shape index (κ2) is 5.88. The molecule has 0 aliphatic rings. The Hall–Kier alpha value is -2.14. The summed E-state index contributed by atoms with van der Waals surface area (Å²) in [6, 6.07) is 8.61. The fourth-order valence-corrected chi connectivity index (χ4v) is 1.93. The first-order valence-electron chi connectivity index (χ1n) is 5.74. The Morgan fingerprint density at radius 1 is 1.15 bits per heavy atom. The second-order valence-electron chi connectivity index (χ2n) is 4.13. The largest absolute Gasteiger partial charge is 0.368 e. The van der Waals surface area contributed by atoms with Crippen molar-refractivity contribution in [2.75, 3.05) is 5.32 Å². The number of hydrogen-bond donors (Lipinski definition) is 2. The van der Waals surface area contributed by atoms with Gasteiger partial charge in [-0.15, -0.1) is 0 Å². The van der Waals surface area contributed by atoms with Gasteiger partial charge in [0.1, 0.15) is 17.7 Å². The van der Waals surface area contributed by atoms with Crippen molar-refractivity contribution in [2.24, 2.45) is 5.73 Å². The highest BCUT2D eigenvalue weighted by Crippen LogP contribution is 2.25. The molecule has 2 rings (SSSR count). The van der Waals surface area contributed by atoms with Crippen LogP contribution in [0.3, 0.4) is 0 Å². The average molecular weight is 297 g/mol. The summed E-state index contributed by atoms with van der Waals surface area (Å²) in [7, 11) is 0. The maximum atomic E-state index is 13.6. The van der Waals surface area contributed by atoms with Crippen LogP contribution in [0.25, 0.3) is 0 Å². The van der Waals surface area contributed by atoms with Gasteiger partial charge in [0.2, 0.25) is 5.91 Å². The van der Waals surface area contributed by atoms with Crippen LogP contribution in [0.2, 0.25) is 5.02 Å². The lowest BCUT2D eigenvalue weighted by molar-refractivity contribution is -0.118. The molecule has 104 valence electrons. The third-order valence-electron chi connectivity index (χ3n) is 2.74. The normalized spacial score (nSPS) is 11.9. The van der Waals surface area contributed by atoms with E-state index in [1.165, 1.54) is 30.3 Å². The van der Waals surface area contributed by atoms with Gasteiger partial charge in [0.25, 0.3) is 0 Å². The average Bonchev–Trinajstić information content (AvgIpc) is 2.41. The molecule has 20 heavy (non-hydrogen) atoms. The highest BCUT2D eigenvalue weighted by molar-refractivity contribution is 6.30. The van der Waals surface area contributed by atoms with E-state index in [9.17, 15) is 13.6 Å². The van der Waals surface area contributed by atoms with Crippen LogP contribution >= 0.6 is 11.6 Å². The third kappa shape index (κ3) is 3.05. The number of nitrogens with two attached hydrogens (primary N) is 1. The highest BCUT2D eigenvalue weighted by Gasteiger charge is 2.20. The van der Waals surface area contributed by atoms with Crippen molar-refractivity contribution in [2.45, 2.75) is 6.04 Å². The van der Waals surface area contributed by atoms with Crippen molar-refractivity contribution >= 4 is 23.2 Å². The molecule has 0 bridgehead atoms. The molecule has 3 N–H and O–H groups in total. The van der Waals surface area contributed by atoms with Crippen molar-refractivity contribution in [1.82, 2.24) is 0 Å². The standard InChI is InChI=1S/C14H11ClF2N2O/c15-9-7-8(5-6-10(9)16)13(14(18)20)19-12-4-2-1-3-11(12)17/h1-7,13,19H,(H2,18,20). The summed E-state index contributed by atoms with van der Waals surface area (Å²) < 4.78 is 26.7. The quantitative estimate of drug-likeness (QED) is 0.910. The summed E-state index contributed by atoms with van der Waals surface area (Å²) in [6.07, 6.45) is 0. The van der Waals surface area contributed by atoms with Crippen molar-refractivity contribution in [1.29, 1.82) is 0 Å². The van der Waals surface area contributed by atoms with Gasteiger partial charge >= 0.3 is 0 Å². The molecule has 2 aromatic rings. The van der Waals surface area contributed by atoms with Gasteiger partial charge in [-0.2, -0.15) is 0 Å². The van der Waals surface area contributed by atoms with Crippen molar-refractivity contribution < 1.29 is 13.6 Å². The van der Waals surface area contributed by atoms with Crippen molar-refractivity contribution in [3.63, 3.8) is 0 Å². The summed E-state index contributed by atoms with van der Waals surface area (Å²) in [5, 5.41) is 2.54. The number of anilines is 1. The fourth-order valence-electron chi connectivity index (χ4n) is 1.74. The van der Waals surface area contributed by atoms with Crippen LogP contribution in [0, 0.1) is 11.6 Å². The molecule has 0 aliphatic heterocycles. The molecule has 0 saturated carbocycles. The number of amides is 1. The lowest BCUT2D eigenvalue weighted by Gasteiger charge is -2.18. The summed E-state index contributed by atoms with van der Waals surface area (Å²) in [6.45, 7) is 0. The Balaban J connectivity index is 2.34. The van der Waals surface area contributed by atoms with E-state index in [-0.39, 0.29) is 10.7 Å². The van der Waals surface area contributed by atoms with Gasteiger partial charge < -0.3 is 11.1 Å². The molecule has 0 radical (unpaired) electrons. The maximum absolute atomic E-state index is 13.6. The van der Waals surface area contributed by atoms with Crippen molar-refractivity contribution in [3.8, 4) is 0 Å². The second-order valence-corrected chi connectivity index (χ2v) is 4.54. The Kier molecular flexibility index (Phi) is 4.20. The number of carbonyl (C=O) groups excluding carboxylic acids is 1. The predicted molar refractivity (Wildman–Crippen MR) is 73.4 cm³/mol. The lowest BCUT2D eigenvalue weighted by atomic mass is 10.1. The van der Waals surface area contributed by atoms with Crippen LogP contribution in [-0.2, 0) is 4.79 Å². The van der Waals surface area contributed by atoms with E-state index in [4.69, 9.17) is 17.3 Å². The molecule has 1 atom stereocenters. The molecule has 1 amide bonds. The smallest absolute Gasteiger partial charge is 0.244 e. The Morgan fingerprint density at radius 3 is 2.45 bits per heavy atom. The first-order valence-corrected chi connectivity index (χ1v) is 6.12. The molecule has 1 unspecified atom stereocenters. The first-order chi connectivity index (χ1) is 9.49. The number of carbonyl (C=O) groups is 1. The number of benzene rings is 2. The number of nitrogens with one attached hydrogen (secondary N) is 1. The summed E-state index contributed by atoms with van der Waals surface area (Å²) in [5.74, 6) is -1.85. The van der Waals surface area contributed by atoms with Gasteiger partial charge in [0.05, 0.1) is 10.7 Å². The Morgan fingerprint density at radius 2 is 1.85 bits per heavy atom. The van der Waals surface area contributed by atoms with Gasteiger partial charge in [-0.25, -0.2) is 8.78 Å². The monoisotopic (exact) mass is 296 g/mol. The molecule has 0 spiro atoms. The number of hydrogen-bond acceptors (Lipinski definition) is 2.